The first-order valence-electron chi connectivity index (χ1n) is 6.96. The van der Waals surface area contributed by atoms with E-state index in [0.29, 0.717) is 5.56 Å². The molecule has 6 heteroatoms. The maximum atomic E-state index is 13.7. The lowest BCUT2D eigenvalue weighted by atomic mass is 10.2. The maximum absolute atomic E-state index is 13.7. The van der Waals surface area contributed by atoms with Gasteiger partial charge in [-0.3, -0.25) is 4.79 Å². The van der Waals surface area contributed by atoms with E-state index in [0.717, 1.165) is 28.5 Å². The second-order valence-corrected chi connectivity index (χ2v) is 6.06. The molecule has 118 valence electrons. The molecule has 3 nitrogen and oxygen atoms in total. The van der Waals surface area contributed by atoms with Gasteiger partial charge in [0.1, 0.15) is 16.6 Å². The molecule has 1 aromatic carbocycles. The van der Waals surface area contributed by atoms with Crippen molar-refractivity contribution in [2.24, 2.45) is 0 Å². The van der Waals surface area contributed by atoms with E-state index < -0.39 is 17.5 Å². The summed E-state index contributed by atoms with van der Waals surface area (Å²) in [7, 11) is 0. The summed E-state index contributed by atoms with van der Waals surface area (Å²) in [5.41, 5.74) is 2.41. The van der Waals surface area contributed by atoms with Crippen molar-refractivity contribution in [2.45, 2.75) is 13.8 Å². The van der Waals surface area contributed by atoms with Crippen LogP contribution in [0.2, 0.25) is 0 Å². The molecule has 2 heterocycles. The summed E-state index contributed by atoms with van der Waals surface area (Å²) in [6.07, 6.45) is 0. The normalized spacial score (nSPS) is 10.8. The van der Waals surface area contributed by atoms with Crippen molar-refractivity contribution in [3.8, 4) is 5.00 Å². The van der Waals surface area contributed by atoms with Crippen molar-refractivity contribution in [1.82, 2.24) is 4.57 Å². The highest BCUT2D eigenvalue weighted by molar-refractivity contribution is 7.13. The van der Waals surface area contributed by atoms with Gasteiger partial charge >= 0.3 is 0 Å². The molecule has 0 saturated heterocycles. The van der Waals surface area contributed by atoms with Crippen LogP contribution in [-0.2, 0) is 0 Å². The van der Waals surface area contributed by atoms with Gasteiger partial charge in [-0.25, -0.2) is 8.78 Å². The standard InChI is InChI=1S/C17H14F2N2OS/c1-10-3-4-11(2)21(10)17-13(7-8-23-17)16(22)20-15-6-5-12(18)9-14(15)19/h3-9H,1-2H3,(H,20,22). The number of nitrogens with zero attached hydrogens (tertiary/aromatic N) is 1. The molecule has 0 bridgehead atoms. The number of thiophene rings is 1. The molecule has 3 aromatic rings. The Morgan fingerprint density at radius 2 is 1.78 bits per heavy atom. The Labute approximate surface area is 136 Å². The van der Waals surface area contributed by atoms with E-state index in [1.807, 2.05) is 35.9 Å². The van der Waals surface area contributed by atoms with Gasteiger partial charge in [-0.1, -0.05) is 0 Å². The molecule has 0 aliphatic carbocycles. The van der Waals surface area contributed by atoms with Gasteiger partial charge in [0.2, 0.25) is 0 Å². The molecule has 23 heavy (non-hydrogen) atoms. The molecule has 1 N–H and O–H groups in total. The second-order valence-electron chi connectivity index (χ2n) is 5.17. The molecule has 0 atom stereocenters. The molecule has 0 aliphatic rings. The highest BCUT2D eigenvalue weighted by Gasteiger charge is 2.18. The minimum absolute atomic E-state index is 0.0468. The van der Waals surface area contributed by atoms with Crippen LogP contribution >= 0.6 is 11.3 Å². The number of nitrogens with one attached hydrogen (secondary N) is 1. The topological polar surface area (TPSA) is 34.0 Å². The third-order valence-corrected chi connectivity index (χ3v) is 4.44. The molecule has 0 fully saturated rings. The number of aromatic nitrogens is 1. The fraction of sp³-hybridized carbons (Fsp3) is 0.118. The first-order chi connectivity index (χ1) is 11.0. The van der Waals surface area contributed by atoms with Gasteiger partial charge in [0.05, 0.1) is 11.3 Å². The summed E-state index contributed by atoms with van der Waals surface area (Å²) in [6.45, 7) is 3.90. The zero-order valence-corrected chi connectivity index (χ0v) is 13.4. The van der Waals surface area contributed by atoms with Crippen LogP contribution in [-0.4, -0.2) is 10.5 Å². The zero-order valence-electron chi connectivity index (χ0n) is 12.6. The van der Waals surface area contributed by atoms with Gasteiger partial charge in [-0.05, 0) is 49.6 Å². The number of aryl methyl sites for hydroxylation is 2. The van der Waals surface area contributed by atoms with Crippen LogP contribution in [0.15, 0.2) is 41.8 Å². The number of halogens is 2. The molecule has 0 spiro atoms. The van der Waals surface area contributed by atoms with Crippen LogP contribution in [0.4, 0.5) is 14.5 Å². The number of hydrogen-bond donors (Lipinski definition) is 1. The Hall–Kier alpha value is -2.47. The van der Waals surface area contributed by atoms with E-state index in [4.69, 9.17) is 0 Å². The van der Waals surface area contributed by atoms with Crippen molar-refractivity contribution in [3.05, 3.63) is 70.4 Å². The average Bonchev–Trinajstić information content (AvgIpc) is 3.08. The quantitative estimate of drug-likeness (QED) is 0.742. The predicted octanol–water partition coefficient (Wildman–Crippen LogP) is 4.69. The number of carbonyl (C=O) groups is 1. The van der Waals surface area contributed by atoms with E-state index >= 15 is 0 Å². The maximum Gasteiger partial charge on any atom is 0.258 e. The summed E-state index contributed by atoms with van der Waals surface area (Å²) in [5, 5.41) is 5.07. The summed E-state index contributed by atoms with van der Waals surface area (Å²) >= 11 is 1.43. The largest absolute Gasteiger partial charge is 0.319 e. The van der Waals surface area contributed by atoms with Crippen LogP contribution in [0.1, 0.15) is 21.7 Å². The van der Waals surface area contributed by atoms with Crippen LogP contribution in [0.5, 0.6) is 0 Å². The average molecular weight is 332 g/mol. The van der Waals surface area contributed by atoms with Crippen molar-refractivity contribution >= 4 is 22.9 Å². The number of benzene rings is 1. The molecule has 2 aromatic heterocycles. The monoisotopic (exact) mass is 332 g/mol. The minimum Gasteiger partial charge on any atom is -0.319 e. The lowest BCUT2D eigenvalue weighted by Gasteiger charge is -2.11. The lowest BCUT2D eigenvalue weighted by Crippen LogP contribution is -2.15. The summed E-state index contributed by atoms with van der Waals surface area (Å²) in [6, 6.07) is 8.68. The van der Waals surface area contributed by atoms with Gasteiger partial charge in [-0.15, -0.1) is 11.3 Å². The molecule has 0 saturated carbocycles. The van der Waals surface area contributed by atoms with Crippen LogP contribution < -0.4 is 5.32 Å². The smallest absolute Gasteiger partial charge is 0.258 e. The van der Waals surface area contributed by atoms with Crippen molar-refractivity contribution in [3.63, 3.8) is 0 Å². The summed E-state index contributed by atoms with van der Waals surface area (Å²) in [4.78, 5) is 12.5. The molecule has 1 amide bonds. The Bertz CT molecular complexity index is 863. The van der Waals surface area contributed by atoms with Gasteiger partial charge < -0.3 is 9.88 Å². The van der Waals surface area contributed by atoms with Gasteiger partial charge in [0.25, 0.3) is 5.91 Å². The SMILES string of the molecule is Cc1ccc(C)n1-c1sccc1C(=O)Nc1ccc(F)cc1F. The fourth-order valence-electron chi connectivity index (χ4n) is 2.42. The molecule has 0 aliphatic heterocycles. The molecular weight excluding hydrogens is 318 g/mol. The highest BCUT2D eigenvalue weighted by Crippen LogP contribution is 2.27. The van der Waals surface area contributed by atoms with Crippen molar-refractivity contribution in [2.75, 3.05) is 5.32 Å². The van der Waals surface area contributed by atoms with Crippen LogP contribution in [0, 0.1) is 25.5 Å². The lowest BCUT2D eigenvalue weighted by molar-refractivity contribution is 0.102. The number of amides is 1. The van der Waals surface area contributed by atoms with E-state index in [1.165, 1.54) is 17.4 Å². The summed E-state index contributed by atoms with van der Waals surface area (Å²) in [5.74, 6) is -1.92. The predicted molar refractivity (Wildman–Crippen MR) is 87.4 cm³/mol. The highest BCUT2D eigenvalue weighted by atomic mass is 32.1. The Morgan fingerprint density at radius 1 is 1.09 bits per heavy atom. The van der Waals surface area contributed by atoms with E-state index in [-0.39, 0.29) is 5.69 Å². The third kappa shape index (κ3) is 2.90. The van der Waals surface area contributed by atoms with E-state index in [9.17, 15) is 13.6 Å². The number of carbonyl (C=O) groups excluding carboxylic acids is 1. The van der Waals surface area contributed by atoms with Crippen LogP contribution in [0.25, 0.3) is 5.00 Å². The fourth-order valence-corrected chi connectivity index (χ4v) is 3.43. The zero-order chi connectivity index (χ0) is 16.6. The summed E-state index contributed by atoms with van der Waals surface area (Å²) < 4.78 is 28.6. The van der Waals surface area contributed by atoms with Gasteiger partial charge in [0.15, 0.2) is 0 Å². The minimum atomic E-state index is -0.802. The molecular formula is C17H14F2N2OS. The molecule has 0 unspecified atom stereocenters. The van der Waals surface area contributed by atoms with Gasteiger partial charge in [0, 0.05) is 17.5 Å². The Kier molecular flexibility index (Phi) is 4.00. The van der Waals surface area contributed by atoms with E-state index in [2.05, 4.69) is 5.32 Å². The number of rotatable bonds is 3. The van der Waals surface area contributed by atoms with Crippen molar-refractivity contribution in [1.29, 1.82) is 0 Å². The van der Waals surface area contributed by atoms with Gasteiger partial charge in [-0.2, -0.15) is 0 Å². The third-order valence-electron chi connectivity index (χ3n) is 3.54. The number of anilines is 1. The van der Waals surface area contributed by atoms with Crippen molar-refractivity contribution < 1.29 is 13.6 Å². The Morgan fingerprint density at radius 3 is 2.43 bits per heavy atom. The Balaban J connectivity index is 1.94. The molecule has 3 rings (SSSR count). The first kappa shape index (κ1) is 15.4. The number of hydrogen-bond acceptors (Lipinski definition) is 2. The molecule has 0 radical (unpaired) electrons. The van der Waals surface area contributed by atoms with Crippen LogP contribution in [0.3, 0.4) is 0 Å². The first-order valence-corrected chi connectivity index (χ1v) is 7.84. The second kappa shape index (κ2) is 5.96. The van der Waals surface area contributed by atoms with E-state index in [1.54, 1.807) is 6.07 Å².